The van der Waals surface area contributed by atoms with E-state index in [-0.39, 0.29) is 5.91 Å². The number of ether oxygens (including phenoxy) is 2. The van der Waals surface area contributed by atoms with Crippen LogP contribution in [0.3, 0.4) is 0 Å². The molecule has 2 aromatic heterocycles. The fourth-order valence-electron chi connectivity index (χ4n) is 3.18. The normalized spacial score (nSPS) is 14.1. The van der Waals surface area contributed by atoms with Crippen molar-refractivity contribution in [2.75, 3.05) is 51.1 Å². The molecule has 0 aliphatic carbocycles. The molecule has 146 valence electrons. The van der Waals surface area contributed by atoms with E-state index in [4.69, 9.17) is 9.47 Å². The zero-order valence-corrected chi connectivity index (χ0v) is 15.8. The summed E-state index contributed by atoms with van der Waals surface area (Å²) in [5, 5.41) is 6.24. The van der Waals surface area contributed by atoms with E-state index in [2.05, 4.69) is 25.6 Å². The minimum absolute atomic E-state index is 0.0318. The zero-order valence-electron chi connectivity index (χ0n) is 15.8. The van der Waals surface area contributed by atoms with E-state index in [1.54, 1.807) is 37.3 Å². The highest BCUT2D eigenvalue weighted by atomic mass is 16.5. The van der Waals surface area contributed by atoms with Crippen LogP contribution in [0, 0.1) is 0 Å². The summed E-state index contributed by atoms with van der Waals surface area (Å²) in [5.74, 6) is 1.64. The lowest BCUT2D eigenvalue weighted by molar-refractivity contribution is 0.0302. The average molecular weight is 382 g/mol. The number of anilines is 3. The van der Waals surface area contributed by atoms with E-state index < -0.39 is 0 Å². The van der Waals surface area contributed by atoms with Crippen LogP contribution < -0.4 is 15.4 Å². The molecule has 9 nitrogen and oxygen atoms in total. The van der Waals surface area contributed by atoms with Gasteiger partial charge in [0.25, 0.3) is 5.91 Å². The molecule has 9 heteroatoms. The van der Waals surface area contributed by atoms with Gasteiger partial charge >= 0.3 is 0 Å². The summed E-state index contributed by atoms with van der Waals surface area (Å²) in [6.07, 6.45) is 1.82. The van der Waals surface area contributed by atoms with Crippen LogP contribution in [0.4, 0.5) is 17.5 Å². The van der Waals surface area contributed by atoms with Crippen LogP contribution >= 0.6 is 0 Å². The van der Waals surface area contributed by atoms with Gasteiger partial charge in [-0.3, -0.25) is 4.79 Å². The molecule has 1 aliphatic heterocycles. The van der Waals surface area contributed by atoms with Crippen LogP contribution in [0.25, 0.3) is 11.0 Å². The number of benzene rings is 1. The Morgan fingerprint density at radius 3 is 2.82 bits per heavy atom. The number of hydrogen-bond donors (Lipinski definition) is 3. The Bertz CT molecular complexity index is 996. The fraction of sp³-hybridized carbons (Fsp3) is 0.316. The molecule has 0 bridgehead atoms. The minimum Gasteiger partial charge on any atom is -0.495 e. The molecule has 3 N–H and O–H groups in total. The smallest absolute Gasteiger partial charge is 0.254 e. The maximum absolute atomic E-state index is 12.7. The second-order valence-corrected chi connectivity index (χ2v) is 6.33. The van der Waals surface area contributed by atoms with Crippen LogP contribution in [0.2, 0.25) is 0 Å². The molecule has 0 radical (unpaired) electrons. The van der Waals surface area contributed by atoms with Crippen LogP contribution in [0.15, 0.2) is 30.5 Å². The molecular weight excluding hydrogens is 360 g/mol. The Morgan fingerprint density at radius 1 is 1.25 bits per heavy atom. The third-order valence-corrected chi connectivity index (χ3v) is 4.64. The number of methoxy groups -OCH3 is 1. The van der Waals surface area contributed by atoms with Crippen molar-refractivity contribution >= 4 is 34.4 Å². The van der Waals surface area contributed by atoms with Gasteiger partial charge in [-0.25, -0.2) is 4.98 Å². The van der Waals surface area contributed by atoms with Crippen molar-refractivity contribution in [2.24, 2.45) is 0 Å². The fourth-order valence-corrected chi connectivity index (χ4v) is 3.18. The Balaban J connectivity index is 1.60. The molecule has 1 fully saturated rings. The van der Waals surface area contributed by atoms with Gasteiger partial charge in [0.1, 0.15) is 11.3 Å². The molecule has 0 unspecified atom stereocenters. The number of fused-ring (bicyclic) bond motifs is 1. The summed E-state index contributed by atoms with van der Waals surface area (Å²) in [6, 6.07) is 7.19. The molecule has 0 spiro atoms. The van der Waals surface area contributed by atoms with Gasteiger partial charge in [0.15, 0.2) is 5.82 Å². The van der Waals surface area contributed by atoms with E-state index >= 15 is 0 Å². The van der Waals surface area contributed by atoms with Crippen molar-refractivity contribution in [1.29, 1.82) is 0 Å². The van der Waals surface area contributed by atoms with Crippen molar-refractivity contribution in [3.8, 4) is 5.75 Å². The molecule has 1 aromatic carbocycles. The predicted molar refractivity (Wildman–Crippen MR) is 106 cm³/mol. The first-order chi connectivity index (χ1) is 13.7. The summed E-state index contributed by atoms with van der Waals surface area (Å²) in [6.45, 7) is 2.32. The topological polar surface area (TPSA) is 104 Å². The summed E-state index contributed by atoms with van der Waals surface area (Å²) < 4.78 is 10.8. The summed E-state index contributed by atoms with van der Waals surface area (Å²) in [5.41, 5.74) is 2.88. The highest BCUT2D eigenvalue weighted by molar-refractivity contribution is 5.95. The quantitative estimate of drug-likeness (QED) is 0.621. The van der Waals surface area contributed by atoms with E-state index in [1.807, 2.05) is 12.3 Å². The molecule has 1 amide bonds. The van der Waals surface area contributed by atoms with Crippen molar-refractivity contribution in [3.05, 3.63) is 36.0 Å². The number of nitrogens with zero attached hydrogens (tertiary/aromatic N) is 3. The standard InChI is InChI=1S/C19H22N6O3/c1-20-17-16-14(5-6-21-16)23-19(24-17)22-13-4-3-12(11-15(13)27-2)18(26)25-7-9-28-10-8-25/h3-6,11,21H,7-10H2,1-2H3,(H2,20,22,23,24). The summed E-state index contributed by atoms with van der Waals surface area (Å²) >= 11 is 0. The average Bonchev–Trinajstić information content (AvgIpc) is 3.22. The van der Waals surface area contributed by atoms with Crippen LogP contribution in [-0.2, 0) is 4.74 Å². The Hall–Kier alpha value is -3.33. The molecular formula is C19H22N6O3. The minimum atomic E-state index is -0.0318. The number of morpholine rings is 1. The number of carbonyl (C=O) groups excluding carboxylic acids is 1. The van der Waals surface area contributed by atoms with E-state index in [9.17, 15) is 4.79 Å². The zero-order chi connectivity index (χ0) is 19.5. The first-order valence-corrected chi connectivity index (χ1v) is 9.04. The van der Waals surface area contributed by atoms with Crippen LogP contribution in [0.5, 0.6) is 5.75 Å². The lowest BCUT2D eigenvalue weighted by Gasteiger charge is -2.27. The van der Waals surface area contributed by atoms with Gasteiger partial charge in [-0.2, -0.15) is 4.98 Å². The molecule has 0 saturated carbocycles. The predicted octanol–water partition coefficient (Wildman–Crippen LogP) is 2.22. The van der Waals surface area contributed by atoms with Crippen LogP contribution in [-0.4, -0.2) is 66.2 Å². The van der Waals surface area contributed by atoms with Gasteiger partial charge in [-0.15, -0.1) is 0 Å². The molecule has 3 aromatic rings. The molecule has 1 saturated heterocycles. The van der Waals surface area contributed by atoms with Crippen LogP contribution in [0.1, 0.15) is 10.4 Å². The number of H-pyrrole nitrogens is 1. The third kappa shape index (κ3) is 3.44. The van der Waals surface area contributed by atoms with E-state index in [1.165, 1.54) is 0 Å². The summed E-state index contributed by atoms with van der Waals surface area (Å²) in [4.78, 5) is 26.6. The van der Waals surface area contributed by atoms with E-state index in [0.717, 1.165) is 11.0 Å². The lowest BCUT2D eigenvalue weighted by atomic mass is 10.1. The molecule has 4 rings (SSSR count). The Morgan fingerprint density at radius 2 is 2.07 bits per heavy atom. The van der Waals surface area contributed by atoms with Crippen molar-refractivity contribution in [3.63, 3.8) is 0 Å². The number of hydrogen-bond acceptors (Lipinski definition) is 7. The van der Waals surface area contributed by atoms with Gasteiger partial charge in [0.05, 0.1) is 31.5 Å². The Labute approximate surface area is 162 Å². The van der Waals surface area contributed by atoms with Gasteiger partial charge in [0, 0.05) is 31.9 Å². The molecule has 28 heavy (non-hydrogen) atoms. The van der Waals surface area contributed by atoms with Crippen molar-refractivity contribution < 1.29 is 14.3 Å². The SMILES string of the molecule is CNc1nc(Nc2ccc(C(=O)N3CCOCC3)cc2OC)nc2cc[nH]c12. The highest BCUT2D eigenvalue weighted by Gasteiger charge is 2.20. The number of aromatic nitrogens is 3. The largest absolute Gasteiger partial charge is 0.495 e. The monoisotopic (exact) mass is 382 g/mol. The molecule has 0 atom stereocenters. The lowest BCUT2D eigenvalue weighted by Crippen LogP contribution is -2.40. The van der Waals surface area contributed by atoms with Gasteiger partial charge in [0.2, 0.25) is 5.95 Å². The third-order valence-electron chi connectivity index (χ3n) is 4.64. The number of rotatable bonds is 5. The van der Waals surface area contributed by atoms with Gasteiger partial charge in [-0.05, 0) is 24.3 Å². The van der Waals surface area contributed by atoms with Gasteiger partial charge < -0.3 is 30.0 Å². The van der Waals surface area contributed by atoms with E-state index in [0.29, 0.717) is 55.1 Å². The second kappa shape index (κ2) is 7.73. The van der Waals surface area contributed by atoms with Crippen molar-refractivity contribution in [1.82, 2.24) is 19.9 Å². The summed E-state index contributed by atoms with van der Waals surface area (Å²) in [7, 11) is 3.37. The number of amides is 1. The first-order valence-electron chi connectivity index (χ1n) is 9.04. The maximum Gasteiger partial charge on any atom is 0.254 e. The van der Waals surface area contributed by atoms with Gasteiger partial charge in [-0.1, -0.05) is 0 Å². The number of carbonyl (C=O) groups is 1. The molecule has 1 aliphatic rings. The van der Waals surface area contributed by atoms with Crippen molar-refractivity contribution in [2.45, 2.75) is 0 Å². The highest BCUT2D eigenvalue weighted by Crippen LogP contribution is 2.29. The first kappa shape index (κ1) is 18.1. The maximum atomic E-state index is 12.7. The number of aromatic amines is 1. The second-order valence-electron chi connectivity index (χ2n) is 6.33. The molecule has 3 heterocycles. The Kier molecular flexibility index (Phi) is 4.98. The number of nitrogens with one attached hydrogen (secondary N) is 3.